The third-order valence-corrected chi connectivity index (χ3v) is 6.07. The van der Waals surface area contributed by atoms with Crippen LogP contribution in [0.15, 0.2) is 42.7 Å². The van der Waals surface area contributed by atoms with E-state index in [-0.39, 0.29) is 0 Å². The number of aromatic nitrogens is 2. The van der Waals surface area contributed by atoms with Crippen LogP contribution < -0.4 is 16.0 Å². The molecule has 0 spiro atoms. The third-order valence-electron chi connectivity index (χ3n) is 5.77. The summed E-state index contributed by atoms with van der Waals surface area (Å²) in [6.07, 6.45) is 5.83. The Morgan fingerprint density at radius 1 is 1.17 bits per heavy atom. The van der Waals surface area contributed by atoms with E-state index in [1.165, 1.54) is 18.4 Å². The predicted octanol–water partition coefficient (Wildman–Crippen LogP) is 4.01. The Hall–Kier alpha value is -2.57. The number of benzene rings is 1. The molecule has 3 N–H and O–H groups in total. The summed E-state index contributed by atoms with van der Waals surface area (Å²) in [6.45, 7) is 2.99. The van der Waals surface area contributed by atoms with Gasteiger partial charge in [0, 0.05) is 48.5 Å². The highest BCUT2D eigenvalue weighted by atomic mass is 35.5. The monoisotopic (exact) mass is 410 g/mol. The minimum Gasteiger partial charge on any atom is -0.383 e. The number of halogens is 1. The first-order valence-corrected chi connectivity index (χ1v) is 10.3. The van der Waals surface area contributed by atoms with Crippen molar-refractivity contribution < 1.29 is 0 Å². The van der Waals surface area contributed by atoms with Crippen LogP contribution >= 0.6 is 11.6 Å². The highest BCUT2D eigenvalue weighted by molar-refractivity contribution is 6.35. The minimum absolute atomic E-state index is 0.492. The zero-order valence-electron chi connectivity index (χ0n) is 16.9. The number of nitrogen functional groups attached to an aromatic ring is 1. The quantitative estimate of drug-likeness (QED) is 0.662. The SMILES string of the molecule is CN1CCC(N(C)c2cc(CNc3ccc4c(N)ncc(Cl)c4c3)ccn2)CC1. The number of likely N-dealkylation sites (tertiary alicyclic amines) is 1. The predicted molar refractivity (Wildman–Crippen MR) is 122 cm³/mol. The minimum atomic E-state index is 0.492. The maximum absolute atomic E-state index is 6.29. The maximum Gasteiger partial charge on any atom is 0.131 e. The van der Waals surface area contributed by atoms with Crippen molar-refractivity contribution in [2.75, 3.05) is 43.1 Å². The molecule has 0 radical (unpaired) electrons. The number of nitrogens with zero attached hydrogens (tertiary/aromatic N) is 4. The van der Waals surface area contributed by atoms with E-state index < -0.39 is 0 Å². The summed E-state index contributed by atoms with van der Waals surface area (Å²) >= 11 is 6.29. The molecule has 1 aromatic carbocycles. The number of hydrogen-bond acceptors (Lipinski definition) is 6. The van der Waals surface area contributed by atoms with E-state index in [1.807, 2.05) is 24.4 Å². The van der Waals surface area contributed by atoms with E-state index in [2.05, 4.69) is 51.3 Å². The van der Waals surface area contributed by atoms with Gasteiger partial charge in [-0.3, -0.25) is 0 Å². The molecule has 0 amide bonds. The lowest BCUT2D eigenvalue weighted by atomic mass is 10.0. The van der Waals surface area contributed by atoms with Crippen molar-refractivity contribution in [1.29, 1.82) is 0 Å². The molecule has 0 atom stereocenters. The van der Waals surface area contributed by atoms with Crippen LogP contribution in [-0.2, 0) is 6.54 Å². The number of nitrogens with one attached hydrogen (secondary N) is 1. The molecule has 0 saturated carbocycles. The van der Waals surface area contributed by atoms with Crippen molar-refractivity contribution in [3.8, 4) is 0 Å². The summed E-state index contributed by atoms with van der Waals surface area (Å²) in [5.41, 5.74) is 8.13. The lowest BCUT2D eigenvalue weighted by Crippen LogP contribution is -2.42. The Labute approximate surface area is 176 Å². The average molecular weight is 411 g/mol. The largest absolute Gasteiger partial charge is 0.383 e. The molecule has 29 heavy (non-hydrogen) atoms. The van der Waals surface area contributed by atoms with Crippen molar-refractivity contribution in [3.63, 3.8) is 0 Å². The van der Waals surface area contributed by atoms with Gasteiger partial charge in [-0.1, -0.05) is 11.6 Å². The van der Waals surface area contributed by atoms with E-state index in [1.54, 1.807) is 6.20 Å². The molecule has 2 aromatic heterocycles. The Kier molecular flexibility index (Phi) is 5.74. The molecule has 3 heterocycles. The van der Waals surface area contributed by atoms with Gasteiger partial charge >= 0.3 is 0 Å². The molecular formula is C22H27ClN6. The van der Waals surface area contributed by atoms with Crippen molar-refractivity contribution in [3.05, 3.63) is 53.3 Å². The summed E-state index contributed by atoms with van der Waals surface area (Å²) in [5.74, 6) is 1.52. The van der Waals surface area contributed by atoms with Gasteiger partial charge in [0.05, 0.1) is 5.02 Å². The van der Waals surface area contributed by atoms with Gasteiger partial charge < -0.3 is 20.9 Å². The van der Waals surface area contributed by atoms with Crippen molar-refractivity contribution in [2.45, 2.75) is 25.4 Å². The fourth-order valence-electron chi connectivity index (χ4n) is 3.88. The molecular weight excluding hydrogens is 384 g/mol. The van der Waals surface area contributed by atoms with Gasteiger partial charge in [-0.2, -0.15) is 0 Å². The van der Waals surface area contributed by atoms with E-state index in [4.69, 9.17) is 17.3 Å². The normalized spacial score (nSPS) is 15.6. The number of anilines is 3. The molecule has 4 rings (SSSR count). The van der Waals surface area contributed by atoms with Crippen LogP contribution in [0.2, 0.25) is 5.02 Å². The molecule has 7 heteroatoms. The summed E-state index contributed by atoms with van der Waals surface area (Å²) in [6, 6.07) is 10.7. The zero-order valence-corrected chi connectivity index (χ0v) is 17.7. The van der Waals surface area contributed by atoms with Crippen LogP contribution in [0.4, 0.5) is 17.3 Å². The summed E-state index contributed by atoms with van der Waals surface area (Å²) < 4.78 is 0. The summed E-state index contributed by atoms with van der Waals surface area (Å²) in [7, 11) is 4.34. The molecule has 6 nitrogen and oxygen atoms in total. The molecule has 0 unspecified atom stereocenters. The molecule has 152 valence electrons. The highest BCUT2D eigenvalue weighted by Crippen LogP contribution is 2.29. The standard InChI is InChI=1S/C22H27ClN6/c1-28-9-6-17(7-10-28)29(2)21-11-15(5-8-25-21)13-26-16-3-4-18-19(12-16)20(23)14-27-22(18)24/h3-5,8,11-12,14,17,26H,6-7,9-10,13H2,1-2H3,(H2,24,27). The number of hydrogen-bond donors (Lipinski definition) is 2. The van der Waals surface area contributed by atoms with Crippen molar-refractivity contribution in [1.82, 2.24) is 14.9 Å². The van der Waals surface area contributed by atoms with Crippen LogP contribution in [-0.4, -0.2) is 48.1 Å². The van der Waals surface area contributed by atoms with E-state index in [9.17, 15) is 0 Å². The lowest BCUT2D eigenvalue weighted by Gasteiger charge is -2.35. The average Bonchev–Trinajstić information content (AvgIpc) is 2.75. The van der Waals surface area contributed by atoms with Crippen LogP contribution in [0, 0.1) is 0 Å². The Bertz CT molecular complexity index is 1000. The second kappa shape index (κ2) is 8.43. The van der Waals surface area contributed by atoms with Gasteiger partial charge in [0.15, 0.2) is 0 Å². The van der Waals surface area contributed by atoms with Gasteiger partial charge in [-0.25, -0.2) is 9.97 Å². The number of pyridine rings is 2. The topological polar surface area (TPSA) is 70.3 Å². The third kappa shape index (κ3) is 4.38. The number of rotatable bonds is 5. The van der Waals surface area contributed by atoms with Gasteiger partial charge in [0.1, 0.15) is 11.6 Å². The summed E-state index contributed by atoms with van der Waals surface area (Å²) in [4.78, 5) is 13.4. The molecule has 0 bridgehead atoms. The van der Waals surface area contributed by atoms with E-state index in [0.29, 0.717) is 23.4 Å². The van der Waals surface area contributed by atoms with Gasteiger partial charge in [-0.05, 0) is 68.9 Å². The lowest BCUT2D eigenvalue weighted by molar-refractivity contribution is 0.252. The first-order chi connectivity index (χ1) is 14.0. The van der Waals surface area contributed by atoms with Crippen LogP contribution in [0.1, 0.15) is 18.4 Å². The van der Waals surface area contributed by atoms with E-state index >= 15 is 0 Å². The van der Waals surface area contributed by atoms with Gasteiger partial charge in [0.25, 0.3) is 0 Å². The first-order valence-electron chi connectivity index (χ1n) is 9.95. The zero-order chi connectivity index (χ0) is 20.4. The number of fused-ring (bicyclic) bond motifs is 1. The van der Waals surface area contributed by atoms with Crippen LogP contribution in [0.3, 0.4) is 0 Å². The Morgan fingerprint density at radius 2 is 1.97 bits per heavy atom. The molecule has 0 aliphatic carbocycles. The van der Waals surface area contributed by atoms with Crippen LogP contribution in [0.5, 0.6) is 0 Å². The van der Waals surface area contributed by atoms with E-state index in [0.717, 1.165) is 35.4 Å². The molecule has 1 aliphatic rings. The Morgan fingerprint density at radius 3 is 2.76 bits per heavy atom. The van der Waals surface area contributed by atoms with Crippen LogP contribution in [0.25, 0.3) is 10.8 Å². The second-order valence-corrected chi connectivity index (χ2v) is 8.18. The maximum atomic E-state index is 6.29. The van der Waals surface area contributed by atoms with Crippen molar-refractivity contribution >= 4 is 39.7 Å². The highest BCUT2D eigenvalue weighted by Gasteiger charge is 2.21. The fourth-order valence-corrected chi connectivity index (χ4v) is 4.08. The first kappa shape index (κ1) is 19.7. The Balaban J connectivity index is 1.46. The fraction of sp³-hybridized carbons (Fsp3) is 0.364. The molecule has 1 saturated heterocycles. The molecule has 3 aromatic rings. The van der Waals surface area contributed by atoms with Crippen molar-refractivity contribution in [2.24, 2.45) is 0 Å². The smallest absolute Gasteiger partial charge is 0.131 e. The van der Waals surface area contributed by atoms with Gasteiger partial charge in [0.2, 0.25) is 0 Å². The molecule has 1 aliphatic heterocycles. The number of piperidine rings is 1. The molecule has 1 fully saturated rings. The summed E-state index contributed by atoms with van der Waals surface area (Å²) in [5, 5.41) is 5.85. The number of nitrogens with two attached hydrogens (primary N) is 1. The van der Waals surface area contributed by atoms with Gasteiger partial charge in [-0.15, -0.1) is 0 Å². The second-order valence-electron chi connectivity index (χ2n) is 7.77.